The number of hydrogen-bond acceptors (Lipinski definition) is 5. The summed E-state index contributed by atoms with van der Waals surface area (Å²) in [5.74, 6) is -0.205. The first-order valence-corrected chi connectivity index (χ1v) is 9.98. The van der Waals surface area contributed by atoms with Crippen molar-refractivity contribution in [2.24, 2.45) is 0 Å². The van der Waals surface area contributed by atoms with Crippen LogP contribution in [0, 0.1) is 10.1 Å². The van der Waals surface area contributed by atoms with Crippen LogP contribution >= 0.6 is 11.8 Å². The van der Waals surface area contributed by atoms with E-state index >= 15 is 0 Å². The molecule has 0 aliphatic carbocycles. The van der Waals surface area contributed by atoms with E-state index in [0.717, 1.165) is 24.6 Å². The molecule has 0 aliphatic heterocycles. The maximum absolute atomic E-state index is 11.7. The van der Waals surface area contributed by atoms with Gasteiger partial charge in [-0.25, -0.2) is 0 Å². The second-order valence-corrected chi connectivity index (χ2v) is 6.89. The zero-order valence-electron chi connectivity index (χ0n) is 15.6. The smallest absolute Gasteiger partial charge is 0.269 e. The fraction of sp³-hybridized carbons (Fsp3) is 0.400. The van der Waals surface area contributed by atoms with Gasteiger partial charge in [-0.05, 0) is 35.6 Å². The monoisotopic (exact) mass is 390 g/mol. The number of benzene rings is 1. The SMILES string of the molecule is CCCCCCCCNC(=O)/C=C\SC(=O)/C=C/c1ccc([N+](=O)[O-])cc1. The number of rotatable bonds is 12. The molecule has 6 nitrogen and oxygen atoms in total. The highest BCUT2D eigenvalue weighted by Gasteiger charge is 2.02. The number of nitrogens with zero attached hydrogens (tertiary/aromatic N) is 1. The minimum atomic E-state index is -0.475. The number of nitrogens with one attached hydrogen (secondary N) is 1. The van der Waals surface area contributed by atoms with Gasteiger partial charge in [-0.2, -0.15) is 0 Å². The summed E-state index contributed by atoms with van der Waals surface area (Å²) in [5.41, 5.74) is 0.693. The summed E-state index contributed by atoms with van der Waals surface area (Å²) in [6, 6.07) is 5.90. The van der Waals surface area contributed by atoms with Gasteiger partial charge >= 0.3 is 0 Å². The van der Waals surface area contributed by atoms with Gasteiger partial charge in [-0.1, -0.05) is 56.9 Å². The lowest BCUT2D eigenvalue weighted by Gasteiger charge is -2.02. The molecule has 0 fully saturated rings. The Morgan fingerprint density at radius 1 is 1.07 bits per heavy atom. The maximum atomic E-state index is 11.7. The number of amides is 1. The molecule has 0 radical (unpaired) electrons. The van der Waals surface area contributed by atoms with Crippen molar-refractivity contribution in [3.63, 3.8) is 0 Å². The number of hydrogen-bond donors (Lipinski definition) is 1. The van der Waals surface area contributed by atoms with Gasteiger partial charge in [0.2, 0.25) is 11.0 Å². The van der Waals surface area contributed by atoms with Crippen molar-refractivity contribution < 1.29 is 14.5 Å². The van der Waals surface area contributed by atoms with Gasteiger partial charge < -0.3 is 5.32 Å². The minimum absolute atomic E-state index is 0.00255. The molecule has 0 spiro atoms. The standard InChI is InChI=1S/C20H26N2O4S/c1-2-3-4-5-6-7-15-21-19(23)14-16-27-20(24)13-10-17-8-11-18(12-9-17)22(25)26/h8-14,16H,2-7,15H2,1H3,(H,21,23)/b13-10+,16-14-. The Bertz CT molecular complexity index is 669. The summed E-state index contributed by atoms with van der Waals surface area (Å²) in [6.45, 7) is 2.83. The van der Waals surface area contributed by atoms with E-state index in [9.17, 15) is 19.7 Å². The van der Waals surface area contributed by atoms with E-state index in [4.69, 9.17) is 0 Å². The van der Waals surface area contributed by atoms with E-state index < -0.39 is 4.92 Å². The highest BCUT2D eigenvalue weighted by molar-refractivity contribution is 8.16. The van der Waals surface area contributed by atoms with Gasteiger partial charge in [0.1, 0.15) is 0 Å². The zero-order valence-corrected chi connectivity index (χ0v) is 16.4. The van der Waals surface area contributed by atoms with Gasteiger partial charge in [0, 0.05) is 24.8 Å². The van der Waals surface area contributed by atoms with Gasteiger partial charge in [0.15, 0.2) is 0 Å². The van der Waals surface area contributed by atoms with Crippen LogP contribution in [0.15, 0.2) is 41.8 Å². The summed E-state index contributed by atoms with van der Waals surface area (Å²) in [5, 5.41) is 14.6. The molecule has 0 aromatic heterocycles. The minimum Gasteiger partial charge on any atom is -0.353 e. The van der Waals surface area contributed by atoms with Crippen LogP contribution in [0.4, 0.5) is 5.69 Å². The van der Waals surface area contributed by atoms with Gasteiger partial charge in [-0.15, -0.1) is 0 Å². The Morgan fingerprint density at radius 3 is 2.41 bits per heavy atom. The Morgan fingerprint density at radius 2 is 1.74 bits per heavy atom. The number of unbranched alkanes of at least 4 members (excludes halogenated alkanes) is 5. The topological polar surface area (TPSA) is 89.3 Å². The molecule has 27 heavy (non-hydrogen) atoms. The summed E-state index contributed by atoms with van der Waals surface area (Å²) in [7, 11) is 0. The van der Waals surface area contributed by atoms with Crippen LogP contribution in [0.2, 0.25) is 0 Å². The number of nitro groups is 1. The van der Waals surface area contributed by atoms with Crippen molar-refractivity contribution in [1.82, 2.24) is 5.32 Å². The van der Waals surface area contributed by atoms with Crippen molar-refractivity contribution >= 4 is 34.5 Å². The van der Waals surface area contributed by atoms with Crippen LogP contribution in [0.25, 0.3) is 6.08 Å². The molecular formula is C20H26N2O4S. The average molecular weight is 391 g/mol. The maximum Gasteiger partial charge on any atom is 0.269 e. The fourth-order valence-corrected chi connectivity index (χ4v) is 2.72. The summed E-state index contributed by atoms with van der Waals surface area (Å²) in [6.07, 6.45) is 11.3. The first-order valence-electron chi connectivity index (χ1n) is 9.10. The lowest BCUT2D eigenvalue weighted by atomic mass is 10.1. The molecule has 0 heterocycles. The quantitative estimate of drug-likeness (QED) is 0.238. The number of nitro benzene ring substituents is 1. The third kappa shape index (κ3) is 11.0. The molecule has 1 amide bonds. The molecule has 0 unspecified atom stereocenters. The normalized spacial score (nSPS) is 11.1. The van der Waals surface area contributed by atoms with Crippen LogP contribution in [0.5, 0.6) is 0 Å². The number of carbonyl (C=O) groups excluding carboxylic acids is 2. The number of thioether (sulfide) groups is 1. The second kappa shape index (κ2) is 13.7. The van der Waals surface area contributed by atoms with Crippen molar-refractivity contribution in [2.75, 3.05) is 6.54 Å². The predicted molar refractivity (Wildman–Crippen MR) is 110 cm³/mol. The Kier molecular flexibility index (Phi) is 11.5. The molecule has 0 aliphatic rings. The Balaban J connectivity index is 2.22. The van der Waals surface area contributed by atoms with E-state index in [-0.39, 0.29) is 16.7 Å². The summed E-state index contributed by atoms with van der Waals surface area (Å²) in [4.78, 5) is 33.5. The van der Waals surface area contributed by atoms with E-state index in [1.165, 1.54) is 55.4 Å². The molecule has 0 bridgehead atoms. The van der Waals surface area contributed by atoms with Crippen molar-refractivity contribution in [1.29, 1.82) is 0 Å². The highest BCUT2D eigenvalue weighted by Crippen LogP contribution is 2.14. The van der Waals surface area contributed by atoms with Gasteiger partial charge in [0.05, 0.1) is 4.92 Å². The van der Waals surface area contributed by atoms with Gasteiger partial charge in [0.25, 0.3) is 5.69 Å². The molecule has 1 N–H and O–H groups in total. The van der Waals surface area contributed by atoms with Crippen LogP contribution in [0.1, 0.15) is 51.0 Å². The zero-order chi connectivity index (χ0) is 19.9. The molecule has 1 aromatic rings. The van der Waals surface area contributed by atoms with E-state index in [0.29, 0.717) is 12.1 Å². The molecular weight excluding hydrogens is 364 g/mol. The third-order valence-electron chi connectivity index (χ3n) is 3.75. The lowest BCUT2D eigenvalue weighted by molar-refractivity contribution is -0.384. The van der Waals surface area contributed by atoms with Crippen molar-refractivity contribution in [2.45, 2.75) is 45.4 Å². The van der Waals surface area contributed by atoms with Crippen LogP contribution in [-0.2, 0) is 9.59 Å². The molecule has 0 saturated carbocycles. The first kappa shape index (κ1) is 22.6. The van der Waals surface area contributed by atoms with E-state index in [1.54, 1.807) is 18.2 Å². The predicted octanol–water partition coefficient (Wildman–Crippen LogP) is 4.86. The van der Waals surface area contributed by atoms with Crippen molar-refractivity contribution in [3.8, 4) is 0 Å². The Hall–Kier alpha value is -2.41. The van der Waals surface area contributed by atoms with Crippen LogP contribution < -0.4 is 5.32 Å². The van der Waals surface area contributed by atoms with Gasteiger partial charge in [-0.3, -0.25) is 19.7 Å². The van der Waals surface area contributed by atoms with Crippen LogP contribution in [-0.4, -0.2) is 22.5 Å². The number of non-ortho nitro benzene ring substituents is 1. The molecule has 0 saturated heterocycles. The van der Waals surface area contributed by atoms with Crippen LogP contribution in [0.3, 0.4) is 0 Å². The first-order chi connectivity index (χ1) is 13.0. The second-order valence-electron chi connectivity index (χ2n) is 5.98. The number of carbonyl (C=O) groups is 2. The highest BCUT2D eigenvalue weighted by atomic mass is 32.2. The van der Waals surface area contributed by atoms with E-state index in [1.807, 2.05) is 0 Å². The molecule has 146 valence electrons. The van der Waals surface area contributed by atoms with Crippen molar-refractivity contribution in [3.05, 3.63) is 57.5 Å². The summed E-state index contributed by atoms with van der Waals surface area (Å²) < 4.78 is 0. The molecule has 0 atom stereocenters. The summed E-state index contributed by atoms with van der Waals surface area (Å²) >= 11 is 0.910. The largest absolute Gasteiger partial charge is 0.353 e. The molecule has 1 rings (SSSR count). The lowest BCUT2D eigenvalue weighted by Crippen LogP contribution is -2.21. The fourth-order valence-electron chi connectivity index (χ4n) is 2.25. The third-order valence-corrected chi connectivity index (χ3v) is 4.39. The average Bonchev–Trinajstić information content (AvgIpc) is 2.66. The molecule has 7 heteroatoms. The van der Waals surface area contributed by atoms with E-state index in [2.05, 4.69) is 12.2 Å². The Labute approximate surface area is 164 Å². The molecule has 1 aromatic carbocycles.